The van der Waals surface area contributed by atoms with Gasteiger partial charge in [-0.25, -0.2) is 0 Å². The van der Waals surface area contributed by atoms with Crippen molar-refractivity contribution in [3.63, 3.8) is 0 Å². The number of anilines is 1. The lowest BCUT2D eigenvalue weighted by Crippen LogP contribution is -2.22. The SMILES string of the molecule is O=C(NCc1cccc(NC(=O)c2ccco2)c1)c1ccc(-c2ccccc2)cc1. The van der Waals surface area contributed by atoms with Crippen LogP contribution >= 0.6 is 0 Å². The Hall–Kier alpha value is -4.12. The molecule has 148 valence electrons. The number of benzene rings is 3. The zero-order chi connectivity index (χ0) is 20.8. The second-order valence-electron chi connectivity index (χ2n) is 6.76. The molecule has 30 heavy (non-hydrogen) atoms. The molecule has 5 nitrogen and oxygen atoms in total. The van der Waals surface area contributed by atoms with Crippen LogP contribution in [-0.4, -0.2) is 11.8 Å². The molecule has 0 aliphatic carbocycles. The number of carbonyl (C=O) groups excluding carboxylic acids is 2. The Bertz CT molecular complexity index is 1130. The smallest absolute Gasteiger partial charge is 0.291 e. The van der Waals surface area contributed by atoms with Crippen LogP contribution in [-0.2, 0) is 6.54 Å². The first-order chi connectivity index (χ1) is 14.7. The predicted octanol–water partition coefficient (Wildman–Crippen LogP) is 5.13. The van der Waals surface area contributed by atoms with Crippen LogP contribution in [0.15, 0.2) is 102 Å². The maximum atomic E-state index is 12.5. The normalized spacial score (nSPS) is 10.4. The maximum Gasteiger partial charge on any atom is 0.291 e. The van der Waals surface area contributed by atoms with E-state index < -0.39 is 0 Å². The molecule has 1 heterocycles. The molecule has 0 spiro atoms. The Morgan fingerprint density at radius 1 is 0.733 bits per heavy atom. The molecule has 0 saturated carbocycles. The Morgan fingerprint density at radius 3 is 2.23 bits per heavy atom. The summed E-state index contributed by atoms with van der Waals surface area (Å²) in [6, 6.07) is 28.1. The molecule has 0 atom stereocenters. The Balaban J connectivity index is 1.36. The minimum Gasteiger partial charge on any atom is -0.459 e. The number of carbonyl (C=O) groups is 2. The van der Waals surface area contributed by atoms with E-state index in [4.69, 9.17) is 4.42 Å². The molecular weight excluding hydrogens is 376 g/mol. The van der Waals surface area contributed by atoms with Crippen LogP contribution in [0.2, 0.25) is 0 Å². The fraction of sp³-hybridized carbons (Fsp3) is 0.0400. The van der Waals surface area contributed by atoms with Gasteiger partial charge in [-0.1, -0.05) is 54.6 Å². The van der Waals surface area contributed by atoms with Gasteiger partial charge in [0, 0.05) is 17.8 Å². The van der Waals surface area contributed by atoms with Crippen molar-refractivity contribution in [1.82, 2.24) is 5.32 Å². The number of nitrogens with one attached hydrogen (secondary N) is 2. The van der Waals surface area contributed by atoms with Gasteiger partial charge in [-0.05, 0) is 53.1 Å². The van der Waals surface area contributed by atoms with E-state index >= 15 is 0 Å². The summed E-state index contributed by atoms with van der Waals surface area (Å²) in [7, 11) is 0. The molecule has 0 radical (unpaired) electrons. The van der Waals surface area contributed by atoms with Crippen molar-refractivity contribution < 1.29 is 14.0 Å². The molecule has 4 aromatic rings. The van der Waals surface area contributed by atoms with Gasteiger partial charge < -0.3 is 15.1 Å². The van der Waals surface area contributed by atoms with Gasteiger partial charge in [0.15, 0.2) is 5.76 Å². The number of furan rings is 1. The summed E-state index contributed by atoms with van der Waals surface area (Å²) in [5.41, 5.74) is 4.28. The third-order valence-electron chi connectivity index (χ3n) is 4.64. The van der Waals surface area contributed by atoms with Gasteiger partial charge in [0.1, 0.15) is 0 Å². The molecule has 0 aliphatic rings. The minimum atomic E-state index is -0.320. The molecule has 0 unspecified atom stereocenters. The zero-order valence-corrected chi connectivity index (χ0v) is 16.2. The van der Waals surface area contributed by atoms with E-state index in [2.05, 4.69) is 10.6 Å². The highest BCUT2D eigenvalue weighted by atomic mass is 16.3. The van der Waals surface area contributed by atoms with Gasteiger partial charge in [-0.2, -0.15) is 0 Å². The molecule has 0 fully saturated rings. The third-order valence-corrected chi connectivity index (χ3v) is 4.64. The molecule has 2 N–H and O–H groups in total. The standard InChI is InChI=1S/C25H20N2O3/c28-24(21-13-11-20(12-14-21)19-7-2-1-3-8-19)26-17-18-6-4-9-22(16-18)27-25(29)23-10-5-15-30-23/h1-16H,17H2,(H,26,28)(H,27,29). The van der Waals surface area contributed by atoms with Gasteiger partial charge in [0.2, 0.25) is 0 Å². The summed E-state index contributed by atoms with van der Waals surface area (Å²) < 4.78 is 5.09. The lowest BCUT2D eigenvalue weighted by Gasteiger charge is -2.09. The molecule has 1 aromatic heterocycles. The van der Waals surface area contributed by atoms with Crippen molar-refractivity contribution >= 4 is 17.5 Å². The number of hydrogen-bond acceptors (Lipinski definition) is 3. The summed E-state index contributed by atoms with van der Waals surface area (Å²) >= 11 is 0. The Labute approximate surface area is 174 Å². The second kappa shape index (κ2) is 8.92. The quantitative estimate of drug-likeness (QED) is 0.475. The topological polar surface area (TPSA) is 71.3 Å². The molecule has 2 amide bonds. The van der Waals surface area contributed by atoms with Crippen LogP contribution in [0.3, 0.4) is 0 Å². The van der Waals surface area contributed by atoms with Gasteiger partial charge in [0.05, 0.1) is 6.26 Å². The molecule has 4 rings (SSSR count). The van der Waals surface area contributed by atoms with Crippen molar-refractivity contribution in [1.29, 1.82) is 0 Å². The lowest BCUT2D eigenvalue weighted by molar-refractivity contribution is 0.0949. The van der Waals surface area contributed by atoms with Crippen LogP contribution in [0.4, 0.5) is 5.69 Å². The van der Waals surface area contributed by atoms with Gasteiger partial charge in [-0.15, -0.1) is 0 Å². The van der Waals surface area contributed by atoms with Crippen molar-refractivity contribution in [2.75, 3.05) is 5.32 Å². The largest absolute Gasteiger partial charge is 0.459 e. The van der Waals surface area contributed by atoms with E-state index in [0.717, 1.165) is 16.7 Å². The van der Waals surface area contributed by atoms with E-state index in [9.17, 15) is 9.59 Å². The van der Waals surface area contributed by atoms with Crippen molar-refractivity contribution in [2.45, 2.75) is 6.54 Å². The molecule has 0 aliphatic heterocycles. The van der Waals surface area contributed by atoms with Crippen LogP contribution in [0.25, 0.3) is 11.1 Å². The van der Waals surface area contributed by atoms with Crippen molar-refractivity contribution in [3.05, 3.63) is 114 Å². The van der Waals surface area contributed by atoms with E-state index in [1.807, 2.05) is 72.8 Å². The van der Waals surface area contributed by atoms with Crippen LogP contribution in [0, 0.1) is 0 Å². The highest BCUT2D eigenvalue weighted by Gasteiger charge is 2.10. The molecule has 3 aromatic carbocycles. The number of amides is 2. The Kier molecular flexibility index (Phi) is 5.71. The highest BCUT2D eigenvalue weighted by Crippen LogP contribution is 2.19. The fourth-order valence-corrected chi connectivity index (χ4v) is 3.09. The Morgan fingerprint density at radius 2 is 1.50 bits per heavy atom. The van der Waals surface area contributed by atoms with Crippen molar-refractivity contribution in [3.8, 4) is 11.1 Å². The highest BCUT2D eigenvalue weighted by molar-refractivity contribution is 6.02. The lowest BCUT2D eigenvalue weighted by atomic mass is 10.0. The summed E-state index contributed by atoms with van der Waals surface area (Å²) in [4.78, 5) is 24.6. The zero-order valence-electron chi connectivity index (χ0n) is 16.2. The maximum absolute atomic E-state index is 12.5. The van der Waals surface area contributed by atoms with Gasteiger partial charge in [-0.3, -0.25) is 9.59 Å². The molecule has 0 bridgehead atoms. The van der Waals surface area contributed by atoms with E-state index in [-0.39, 0.29) is 17.6 Å². The average Bonchev–Trinajstić information content (AvgIpc) is 3.34. The first-order valence-electron chi connectivity index (χ1n) is 9.56. The molecule has 5 heteroatoms. The van der Waals surface area contributed by atoms with Crippen LogP contribution in [0.1, 0.15) is 26.5 Å². The second-order valence-corrected chi connectivity index (χ2v) is 6.76. The van der Waals surface area contributed by atoms with Crippen molar-refractivity contribution in [2.24, 2.45) is 0 Å². The number of hydrogen-bond donors (Lipinski definition) is 2. The van der Waals surface area contributed by atoms with Crippen LogP contribution in [0.5, 0.6) is 0 Å². The fourth-order valence-electron chi connectivity index (χ4n) is 3.09. The average molecular weight is 396 g/mol. The first-order valence-corrected chi connectivity index (χ1v) is 9.56. The summed E-state index contributed by atoms with van der Waals surface area (Å²) in [6.07, 6.45) is 1.45. The first kappa shape index (κ1) is 19.2. The third kappa shape index (κ3) is 4.64. The molecular formula is C25H20N2O3. The minimum absolute atomic E-state index is 0.153. The van der Waals surface area contributed by atoms with E-state index in [0.29, 0.717) is 17.8 Å². The predicted molar refractivity (Wildman–Crippen MR) is 116 cm³/mol. The van der Waals surface area contributed by atoms with E-state index in [1.54, 1.807) is 18.2 Å². The number of rotatable bonds is 6. The summed E-state index contributed by atoms with van der Waals surface area (Å²) in [5.74, 6) is -0.230. The monoisotopic (exact) mass is 396 g/mol. The van der Waals surface area contributed by atoms with Gasteiger partial charge >= 0.3 is 0 Å². The van der Waals surface area contributed by atoms with Crippen LogP contribution < -0.4 is 10.6 Å². The molecule has 0 saturated heterocycles. The van der Waals surface area contributed by atoms with Gasteiger partial charge in [0.25, 0.3) is 11.8 Å². The van der Waals surface area contributed by atoms with E-state index in [1.165, 1.54) is 6.26 Å². The summed E-state index contributed by atoms with van der Waals surface area (Å²) in [5, 5.41) is 5.69. The summed E-state index contributed by atoms with van der Waals surface area (Å²) in [6.45, 7) is 0.351.